The van der Waals surface area contributed by atoms with Crippen LogP contribution >= 0.6 is 0 Å². The molecule has 0 radical (unpaired) electrons. The SMILES string of the molecule is CC(C)C[C@H](NC(=O)[C@H](CCC(N)=O)NC(=O)CN)C(=O)O. The molecule has 126 valence electrons. The average Bonchev–Trinajstić information content (AvgIpc) is 2.41. The minimum Gasteiger partial charge on any atom is -0.480 e. The molecule has 0 unspecified atom stereocenters. The van der Waals surface area contributed by atoms with Crippen LogP contribution in [0.2, 0.25) is 0 Å². The van der Waals surface area contributed by atoms with Gasteiger partial charge < -0.3 is 27.2 Å². The predicted octanol–water partition coefficient (Wildman–Crippen LogP) is -1.69. The van der Waals surface area contributed by atoms with Crippen molar-refractivity contribution >= 4 is 23.7 Å². The summed E-state index contributed by atoms with van der Waals surface area (Å²) in [5.41, 5.74) is 10.2. The van der Waals surface area contributed by atoms with Crippen LogP contribution in [0.3, 0.4) is 0 Å². The lowest BCUT2D eigenvalue weighted by molar-refractivity contribution is -0.142. The van der Waals surface area contributed by atoms with Gasteiger partial charge >= 0.3 is 5.97 Å². The van der Waals surface area contributed by atoms with Gasteiger partial charge in [0.1, 0.15) is 12.1 Å². The summed E-state index contributed by atoms with van der Waals surface area (Å²) in [4.78, 5) is 45.4. The van der Waals surface area contributed by atoms with Crippen LogP contribution in [-0.2, 0) is 19.2 Å². The smallest absolute Gasteiger partial charge is 0.326 e. The first-order chi connectivity index (χ1) is 10.2. The van der Waals surface area contributed by atoms with Crippen molar-refractivity contribution in [1.82, 2.24) is 10.6 Å². The summed E-state index contributed by atoms with van der Waals surface area (Å²) >= 11 is 0. The Morgan fingerprint density at radius 2 is 1.68 bits per heavy atom. The van der Waals surface area contributed by atoms with Gasteiger partial charge in [0.05, 0.1) is 6.54 Å². The molecule has 0 aliphatic carbocycles. The van der Waals surface area contributed by atoms with Crippen LogP contribution in [0.15, 0.2) is 0 Å². The molecule has 0 aromatic carbocycles. The minimum absolute atomic E-state index is 0.0269. The summed E-state index contributed by atoms with van der Waals surface area (Å²) < 4.78 is 0. The lowest BCUT2D eigenvalue weighted by Crippen LogP contribution is -2.53. The molecule has 9 heteroatoms. The lowest BCUT2D eigenvalue weighted by atomic mass is 10.0. The molecule has 0 aromatic rings. The quantitative estimate of drug-likeness (QED) is 0.322. The number of nitrogens with one attached hydrogen (secondary N) is 2. The van der Waals surface area contributed by atoms with Gasteiger partial charge in [-0.1, -0.05) is 13.8 Å². The van der Waals surface area contributed by atoms with Crippen LogP contribution in [-0.4, -0.2) is 47.4 Å². The van der Waals surface area contributed by atoms with E-state index in [-0.39, 0.29) is 31.7 Å². The molecule has 0 aromatic heterocycles. The van der Waals surface area contributed by atoms with Crippen LogP contribution in [0, 0.1) is 5.92 Å². The van der Waals surface area contributed by atoms with E-state index in [9.17, 15) is 19.2 Å². The van der Waals surface area contributed by atoms with E-state index in [4.69, 9.17) is 16.6 Å². The second-order valence-electron chi connectivity index (χ2n) is 5.36. The van der Waals surface area contributed by atoms with E-state index in [1.54, 1.807) is 0 Å². The van der Waals surface area contributed by atoms with Gasteiger partial charge in [-0.15, -0.1) is 0 Å². The van der Waals surface area contributed by atoms with E-state index in [1.165, 1.54) is 0 Å². The van der Waals surface area contributed by atoms with Crippen molar-refractivity contribution in [3.63, 3.8) is 0 Å². The number of amides is 3. The third-order valence-corrected chi connectivity index (χ3v) is 2.84. The third kappa shape index (κ3) is 8.20. The summed E-state index contributed by atoms with van der Waals surface area (Å²) in [6.07, 6.45) is 0.0974. The molecule has 0 saturated carbocycles. The molecule has 0 aliphatic heterocycles. The Morgan fingerprint density at radius 3 is 2.09 bits per heavy atom. The molecule has 0 bridgehead atoms. The molecule has 0 fully saturated rings. The van der Waals surface area contributed by atoms with Crippen LogP contribution in [0.1, 0.15) is 33.1 Å². The van der Waals surface area contributed by atoms with E-state index >= 15 is 0 Å². The fourth-order valence-electron chi connectivity index (χ4n) is 1.77. The predicted molar refractivity (Wildman–Crippen MR) is 78.4 cm³/mol. The Hall–Kier alpha value is -2.16. The maximum atomic E-state index is 12.1. The van der Waals surface area contributed by atoms with E-state index in [0.717, 1.165) is 0 Å². The fraction of sp³-hybridized carbons (Fsp3) is 0.692. The second kappa shape index (κ2) is 9.72. The van der Waals surface area contributed by atoms with Gasteiger partial charge in [0, 0.05) is 6.42 Å². The van der Waals surface area contributed by atoms with E-state index in [0.29, 0.717) is 0 Å². The van der Waals surface area contributed by atoms with Gasteiger partial charge in [-0.05, 0) is 18.8 Å². The Kier molecular flexibility index (Phi) is 8.76. The second-order valence-corrected chi connectivity index (χ2v) is 5.36. The molecule has 7 N–H and O–H groups in total. The first-order valence-corrected chi connectivity index (χ1v) is 6.98. The Balaban J connectivity index is 4.86. The van der Waals surface area contributed by atoms with Crippen LogP contribution in [0.25, 0.3) is 0 Å². The molecular weight excluding hydrogens is 292 g/mol. The number of rotatable bonds is 10. The van der Waals surface area contributed by atoms with Crippen LogP contribution < -0.4 is 22.1 Å². The summed E-state index contributed by atoms with van der Waals surface area (Å²) in [6, 6.07) is -2.13. The molecular formula is C13H24N4O5. The molecule has 3 amide bonds. The highest BCUT2D eigenvalue weighted by atomic mass is 16.4. The Morgan fingerprint density at radius 1 is 1.09 bits per heavy atom. The van der Waals surface area contributed by atoms with Gasteiger partial charge in [0.15, 0.2) is 0 Å². The number of carbonyl (C=O) groups is 4. The zero-order valence-corrected chi connectivity index (χ0v) is 12.8. The van der Waals surface area contributed by atoms with E-state index < -0.39 is 35.8 Å². The molecule has 0 rings (SSSR count). The van der Waals surface area contributed by atoms with Gasteiger partial charge in [-0.25, -0.2) is 4.79 Å². The summed E-state index contributed by atoms with van der Waals surface area (Å²) in [5, 5.41) is 13.8. The van der Waals surface area contributed by atoms with E-state index in [2.05, 4.69) is 10.6 Å². The Labute approximate surface area is 128 Å². The van der Waals surface area contributed by atoms with Gasteiger partial charge in [-0.2, -0.15) is 0 Å². The van der Waals surface area contributed by atoms with Crippen molar-refractivity contribution < 1.29 is 24.3 Å². The molecule has 22 heavy (non-hydrogen) atoms. The number of carboxylic acids is 1. The number of primary amides is 1. The van der Waals surface area contributed by atoms with Crippen LogP contribution in [0.5, 0.6) is 0 Å². The zero-order valence-electron chi connectivity index (χ0n) is 12.8. The third-order valence-electron chi connectivity index (χ3n) is 2.84. The van der Waals surface area contributed by atoms with Crippen molar-refractivity contribution in [2.24, 2.45) is 17.4 Å². The first kappa shape index (κ1) is 19.8. The molecule has 0 saturated heterocycles. The molecule has 0 aliphatic rings. The number of nitrogens with two attached hydrogens (primary N) is 2. The van der Waals surface area contributed by atoms with Crippen molar-refractivity contribution in [1.29, 1.82) is 0 Å². The normalized spacial score (nSPS) is 13.3. The van der Waals surface area contributed by atoms with Crippen LogP contribution in [0.4, 0.5) is 0 Å². The maximum Gasteiger partial charge on any atom is 0.326 e. The first-order valence-electron chi connectivity index (χ1n) is 6.98. The van der Waals surface area contributed by atoms with E-state index in [1.807, 2.05) is 13.8 Å². The molecule has 2 atom stereocenters. The molecule has 9 nitrogen and oxygen atoms in total. The zero-order chi connectivity index (χ0) is 17.3. The number of hydrogen-bond donors (Lipinski definition) is 5. The molecule has 0 spiro atoms. The topological polar surface area (TPSA) is 165 Å². The van der Waals surface area contributed by atoms with Crippen molar-refractivity contribution in [2.45, 2.75) is 45.2 Å². The largest absolute Gasteiger partial charge is 0.480 e. The average molecular weight is 316 g/mol. The minimum atomic E-state index is -1.17. The van der Waals surface area contributed by atoms with Crippen molar-refractivity contribution in [3.05, 3.63) is 0 Å². The lowest BCUT2D eigenvalue weighted by Gasteiger charge is -2.22. The van der Waals surface area contributed by atoms with Crippen molar-refractivity contribution in [2.75, 3.05) is 6.54 Å². The monoisotopic (exact) mass is 316 g/mol. The number of hydrogen-bond acceptors (Lipinski definition) is 5. The molecule has 0 heterocycles. The number of aliphatic carboxylic acids is 1. The van der Waals surface area contributed by atoms with Gasteiger partial charge in [0.2, 0.25) is 17.7 Å². The highest BCUT2D eigenvalue weighted by molar-refractivity contribution is 5.91. The summed E-state index contributed by atoms with van der Waals surface area (Å²) in [6.45, 7) is 3.32. The number of carbonyl (C=O) groups excluding carboxylic acids is 3. The summed E-state index contributed by atoms with van der Waals surface area (Å²) in [7, 11) is 0. The highest BCUT2D eigenvalue weighted by Gasteiger charge is 2.27. The fourth-order valence-corrected chi connectivity index (χ4v) is 1.77. The van der Waals surface area contributed by atoms with Gasteiger partial charge in [0.25, 0.3) is 0 Å². The highest BCUT2D eigenvalue weighted by Crippen LogP contribution is 2.06. The summed E-state index contributed by atoms with van der Waals surface area (Å²) in [5.74, 6) is -3.00. The van der Waals surface area contributed by atoms with Crippen molar-refractivity contribution in [3.8, 4) is 0 Å². The standard InChI is InChI=1S/C13H24N4O5/c1-7(2)5-9(13(21)22)17-12(20)8(3-4-10(15)18)16-11(19)6-14/h7-9H,3-6,14H2,1-2H3,(H2,15,18)(H,16,19)(H,17,20)(H,21,22)/t8-,9-/m0/s1. The Bertz CT molecular complexity index is 425. The maximum absolute atomic E-state index is 12.1. The number of carboxylic acid groups (broad SMARTS) is 1. The van der Waals surface area contributed by atoms with Gasteiger partial charge in [-0.3, -0.25) is 14.4 Å².